The van der Waals surface area contributed by atoms with E-state index >= 15 is 0 Å². The number of pyridine rings is 1. The second-order valence-corrected chi connectivity index (χ2v) is 6.24. The van der Waals surface area contributed by atoms with E-state index < -0.39 is 5.91 Å². The third-order valence-electron chi connectivity index (χ3n) is 3.72. The molecule has 1 saturated heterocycles. The highest BCUT2D eigenvalue weighted by Gasteiger charge is 2.31. The molecule has 2 aromatic heterocycles. The Bertz CT molecular complexity index is 686. The first-order chi connectivity index (χ1) is 10.7. The largest absolute Gasteiger partial charge is 0.365 e. The fourth-order valence-corrected chi connectivity index (χ4v) is 3.56. The Morgan fingerprint density at radius 2 is 2.18 bits per heavy atom. The third-order valence-corrected chi connectivity index (χ3v) is 4.84. The molecule has 0 bridgehead atoms. The van der Waals surface area contributed by atoms with Crippen LogP contribution >= 0.6 is 11.3 Å². The second kappa shape index (κ2) is 6.23. The van der Waals surface area contributed by atoms with E-state index in [-0.39, 0.29) is 11.9 Å². The third kappa shape index (κ3) is 2.85. The summed E-state index contributed by atoms with van der Waals surface area (Å²) >= 11 is 1.27. The molecule has 2 N–H and O–H groups in total. The average Bonchev–Trinajstić information content (AvgIpc) is 3.05. The van der Waals surface area contributed by atoms with Crippen LogP contribution < -0.4 is 5.73 Å². The van der Waals surface area contributed by atoms with E-state index in [1.807, 2.05) is 4.90 Å². The number of primary amides is 1. The smallest absolute Gasteiger partial charge is 0.260 e. The zero-order valence-electron chi connectivity index (χ0n) is 11.9. The highest BCUT2D eigenvalue weighted by Crippen LogP contribution is 2.34. The van der Waals surface area contributed by atoms with Gasteiger partial charge in [0.25, 0.3) is 11.8 Å². The molecule has 114 valence electrons. The van der Waals surface area contributed by atoms with Crippen LogP contribution in [-0.2, 0) is 0 Å². The monoisotopic (exact) mass is 316 g/mol. The lowest BCUT2D eigenvalue weighted by atomic mass is 10.0. The Labute approximate surface area is 132 Å². The average molecular weight is 316 g/mol. The molecule has 1 atom stereocenters. The lowest BCUT2D eigenvalue weighted by molar-refractivity contribution is 0.0610. The van der Waals surface area contributed by atoms with Gasteiger partial charge in [-0.2, -0.15) is 0 Å². The molecule has 6 nitrogen and oxygen atoms in total. The van der Waals surface area contributed by atoms with Gasteiger partial charge in [0.1, 0.15) is 9.88 Å². The first-order valence-electron chi connectivity index (χ1n) is 7.13. The van der Waals surface area contributed by atoms with Crippen molar-refractivity contribution >= 4 is 23.2 Å². The van der Waals surface area contributed by atoms with Gasteiger partial charge in [0, 0.05) is 18.9 Å². The van der Waals surface area contributed by atoms with Gasteiger partial charge in [-0.25, -0.2) is 4.98 Å². The number of hydrogen-bond donors (Lipinski definition) is 1. The SMILES string of the molecule is NC(=O)c1cnc(C2CCCCN2C(=O)c2cccnc2)s1. The highest BCUT2D eigenvalue weighted by molar-refractivity contribution is 7.13. The summed E-state index contributed by atoms with van der Waals surface area (Å²) in [5.41, 5.74) is 5.86. The van der Waals surface area contributed by atoms with Gasteiger partial charge in [-0.1, -0.05) is 0 Å². The van der Waals surface area contributed by atoms with Gasteiger partial charge in [-0.05, 0) is 31.4 Å². The summed E-state index contributed by atoms with van der Waals surface area (Å²) in [7, 11) is 0. The Balaban J connectivity index is 1.87. The topological polar surface area (TPSA) is 89.2 Å². The summed E-state index contributed by atoms with van der Waals surface area (Å²) in [6.45, 7) is 0.684. The van der Waals surface area contributed by atoms with E-state index in [1.165, 1.54) is 17.5 Å². The van der Waals surface area contributed by atoms with Crippen molar-refractivity contribution in [1.82, 2.24) is 14.9 Å². The molecule has 1 aliphatic rings. The van der Waals surface area contributed by atoms with Gasteiger partial charge in [0.05, 0.1) is 17.8 Å². The van der Waals surface area contributed by atoms with Crippen LogP contribution in [0.1, 0.15) is 50.3 Å². The van der Waals surface area contributed by atoms with Gasteiger partial charge in [0.2, 0.25) is 0 Å². The van der Waals surface area contributed by atoms with Crippen LogP contribution in [0.2, 0.25) is 0 Å². The minimum atomic E-state index is -0.482. The van der Waals surface area contributed by atoms with Crippen LogP contribution in [-0.4, -0.2) is 33.2 Å². The second-order valence-electron chi connectivity index (χ2n) is 5.18. The number of carbonyl (C=O) groups is 2. The number of nitrogens with zero attached hydrogens (tertiary/aromatic N) is 3. The number of likely N-dealkylation sites (tertiary alicyclic amines) is 1. The van der Waals surface area contributed by atoms with Crippen molar-refractivity contribution in [1.29, 1.82) is 0 Å². The molecular formula is C15H16N4O2S. The summed E-state index contributed by atoms with van der Waals surface area (Å²) in [5.74, 6) is -0.529. The van der Waals surface area contributed by atoms with Gasteiger partial charge in [-0.15, -0.1) is 11.3 Å². The molecule has 0 aromatic carbocycles. The number of thiazole rings is 1. The Morgan fingerprint density at radius 1 is 1.32 bits per heavy atom. The van der Waals surface area contributed by atoms with Crippen molar-refractivity contribution < 1.29 is 9.59 Å². The van der Waals surface area contributed by atoms with E-state index in [9.17, 15) is 9.59 Å². The predicted octanol–water partition coefficient (Wildman–Crippen LogP) is 2.00. The first-order valence-corrected chi connectivity index (χ1v) is 7.95. The fourth-order valence-electron chi connectivity index (χ4n) is 2.64. The van der Waals surface area contributed by atoms with Crippen LogP contribution in [0.5, 0.6) is 0 Å². The minimum Gasteiger partial charge on any atom is -0.365 e. The predicted molar refractivity (Wildman–Crippen MR) is 82.5 cm³/mol. The number of piperidine rings is 1. The van der Waals surface area contributed by atoms with Crippen molar-refractivity contribution in [3.8, 4) is 0 Å². The standard InChI is InChI=1S/C15H16N4O2S/c16-13(20)12-9-18-14(22-12)11-5-1-2-7-19(11)15(21)10-4-3-6-17-8-10/h3-4,6,8-9,11H,1-2,5,7H2,(H2,16,20). The summed E-state index contributed by atoms with van der Waals surface area (Å²) in [4.78, 5) is 34.5. The highest BCUT2D eigenvalue weighted by atomic mass is 32.1. The van der Waals surface area contributed by atoms with Crippen LogP contribution in [0, 0.1) is 0 Å². The molecule has 2 amide bonds. The Kier molecular flexibility index (Phi) is 4.15. The molecule has 3 rings (SSSR count). The number of hydrogen-bond acceptors (Lipinski definition) is 5. The van der Waals surface area contributed by atoms with Crippen molar-refractivity contribution in [2.75, 3.05) is 6.54 Å². The van der Waals surface area contributed by atoms with Crippen molar-refractivity contribution in [3.05, 3.63) is 46.2 Å². The van der Waals surface area contributed by atoms with E-state index in [1.54, 1.807) is 24.5 Å². The summed E-state index contributed by atoms with van der Waals surface area (Å²) in [6.07, 6.45) is 7.56. The maximum absolute atomic E-state index is 12.7. The molecule has 2 aromatic rings. The first kappa shape index (κ1) is 14.6. The molecule has 0 spiro atoms. The number of amides is 2. The van der Waals surface area contributed by atoms with Gasteiger partial charge < -0.3 is 10.6 Å². The van der Waals surface area contributed by atoms with Crippen molar-refractivity contribution in [3.63, 3.8) is 0 Å². The van der Waals surface area contributed by atoms with Gasteiger partial charge in [-0.3, -0.25) is 14.6 Å². The maximum Gasteiger partial charge on any atom is 0.260 e. The van der Waals surface area contributed by atoms with Crippen molar-refractivity contribution in [2.24, 2.45) is 5.73 Å². The molecule has 3 heterocycles. The fraction of sp³-hybridized carbons (Fsp3) is 0.333. The number of nitrogens with two attached hydrogens (primary N) is 1. The zero-order valence-corrected chi connectivity index (χ0v) is 12.8. The zero-order chi connectivity index (χ0) is 15.5. The maximum atomic E-state index is 12.7. The van der Waals surface area contributed by atoms with Crippen LogP contribution in [0.15, 0.2) is 30.7 Å². The molecule has 0 aliphatic carbocycles. The molecule has 1 aliphatic heterocycles. The lowest BCUT2D eigenvalue weighted by Crippen LogP contribution is -2.38. The van der Waals surface area contributed by atoms with E-state index in [4.69, 9.17) is 5.73 Å². The Morgan fingerprint density at radius 3 is 2.86 bits per heavy atom. The van der Waals surface area contributed by atoms with E-state index in [0.717, 1.165) is 24.3 Å². The quantitative estimate of drug-likeness (QED) is 0.938. The molecule has 1 fully saturated rings. The molecule has 7 heteroatoms. The van der Waals surface area contributed by atoms with E-state index in [0.29, 0.717) is 17.0 Å². The molecule has 22 heavy (non-hydrogen) atoms. The van der Waals surface area contributed by atoms with Gasteiger partial charge >= 0.3 is 0 Å². The molecular weight excluding hydrogens is 300 g/mol. The Hall–Kier alpha value is -2.28. The van der Waals surface area contributed by atoms with E-state index in [2.05, 4.69) is 9.97 Å². The van der Waals surface area contributed by atoms with Crippen LogP contribution in [0.3, 0.4) is 0 Å². The van der Waals surface area contributed by atoms with Gasteiger partial charge in [0.15, 0.2) is 0 Å². The molecule has 1 unspecified atom stereocenters. The summed E-state index contributed by atoms with van der Waals surface area (Å²) in [6, 6.07) is 3.41. The normalized spacial score (nSPS) is 18.2. The molecule has 0 radical (unpaired) electrons. The van der Waals surface area contributed by atoms with Crippen molar-refractivity contribution in [2.45, 2.75) is 25.3 Å². The number of carbonyl (C=O) groups excluding carboxylic acids is 2. The minimum absolute atomic E-state index is 0.0476. The summed E-state index contributed by atoms with van der Waals surface area (Å²) < 4.78 is 0. The number of aromatic nitrogens is 2. The van der Waals surface area contributed by atoms with Crippen LogP contribution in [0.25, 0.3) is 0 Å². The molecule has 0 saturated carbocycles. The van der Waals surface area contributed by atoms with Crippen LogP contribution in [0.4, 0.5) is 0 Å². The lowest BCUT2D eigenvalue weighted by Gasteiger charge is -2.34. The number of rotatable bonds is 3. The summed E-state index contributed by atoms with van der Waals surface area (Å²) in [5, 5.41) is 0.769.